The Bertz CT molecular complexity index is 1280. The fraction of sp³-hybridized carbons (Fsp3) is 0.321. The van der Waals surface area contributed by atoms with E-state index in [9.17, 15) is 13.2 Å². The SMILES string of the molecule is COc1ccc(S(=O)(=O)N(CC(=O)NCCOc2ccc(C(C)(C)C)cc2)c2ccccc2OC)cc1. The largest absolute Gasteiger partial charge is 0.497 e. The predicted molar refractivity (Wildman–Crippen MR) is 144 cm³/mol. The zero-order valence-electron chi connectivity index (χ0n) is 21.9. The van der Waals surface area contributed by atoms with Crippen LogP contribution in [0.4, 0.5) is 5.69 Å². The van der Waals surface area contributed by atoms with Crippen LogP contribution in [0.25, 0.3) is 0 Å². The van der Waals surface area contributed by atoms with Gasteiger partial charge in [-0.3, -0.25) is 9.10 Å². The fourth-order valence-electron chi connectivity index (χ4n) is 3.61. The van der Waals surface area contributed by atoms with E-state index in [-0.39, 0.29) is 29.1 Å². The molecule has 0 spiro atoms. The van der Waals surface area contributed by atoms with E-state index in [0.717, 1.165) is 4.31 Å². The van der Waals surface area contributed by atoms with Crippen LogP contribution < -0.4 is 23.8 Å². The summed E-state index contributed by atoms with van der Waals surface area (Å²) < 4.78 is 44.4. The number of nitrogens with one attached hydrogen (secondary N) is 1. The summed E-state index contributed by atoms with van der Waals surface area (Å²) in [4.78, 5) is 12.9. The minimum absolute atomic E-state index is 0.0223. The number of nitrogens with zero attached hydrogens (tertiary/aromatic N) is 1. The first-order valence-electron chi connectivity index (χ1n) is 11.9. The summed E-state index contributed by atoms with van der Waals surface area (Å²) in [6.07, 6.45) is 0. The van der Waals surface area contributed by atoms with Gasteiger partial charge in [-0.2, -0.15) is 0 Å². The fourth-order valence-corrected chi connectivity index (χ4v) is 5.04. The van der Waals surface area contributed by atoms with Crippen molar-refractivity contribution < 1.29 is 27.4 Å². The van der Waals surface area contributed by atoms with Crippen molar-refractivity contribution >= 4 is 21.6 Å². The number of ether oxygens (including phenoxy) is 3. The molecule has 0 atom stereocenters. The van der Waals surface area contributed by atoms with Crippen molar-refractivity contribution in [3.63, 3.8) is 0 Å². The monoisotopic (exact) mass is 526 g/mol. The molecule has 0 aliphatic rings. The standard InChI is InChI=1S/C28H34N2O6S/c1-28(2,3)21-10-12-23(13-11-21)36-19-18-29-27(31)20-30(25-8-6-7-9-26(25)35-5)37(32,33)24-16-14-22(34-4)15-17-24/h6-17H,18-20H2,1-5H3,(H,29,31). The van der Waals surface area contributed by atoms with Crippen LogP contribution in [0, 0.1) is 0 Å². The lowest BCUT2D eigenvalue weighted by molar-refractivity contribution is -0.119. The first kappa shape index (κ1) is 27.9. The second kappa shape index (κ2) is 12.0. The van der Waals surface area contributed by atoms with Crippen LogP contribution >= 0.6 is 0 Å². The van der Waals surface area contributed by atoms with Crippen LogP contribution in [0.3, 0.4) is 0 Å². The van der Waals surface area contributed by atoms with Crippen molar-refractivity contribution in [1.82, 2.24) is 5.32 Å². The van der Waals surface area contributed by atoms with Gasteiger partial charge in [-0.15, -0.1) is 0 Å². The molecular formula is C28H34N2O6S. The van der Waals surface area contributed by atoms with Crippen molar-refractivity contribution in [1.29, 1.82) is 0 Å². The van der Waals surface area contributed by atoms with Gasteiger partial charge in [-0.25, -0.2) is 8.42 Å². The maximum absolute atomic E-state index is 13.6. The highest BCUT2D eigenvalue weighted by Crippen LogP contribution is 2.32. The maximum atomic E-state index is 13.6. The van der Waals surface area contributed by atoms with Gasteiger partial charge in [0.15, 0.2) is 0 Å². The molecule has 0 heterocycles. The maximum Gasteiger partial charge on any atom is 0.264 e. The molecule has 8 nitrogen and oxygen atoms in total. The molecule has 1 amide bonds. The minimum Gasteiger partial charge on any atom is -0.497 e. The molecule has 0 aliphatic heterocycles. The molecule has 9 heteroatoms. The summed E-state index contributed by atoms with van der Waals surface area (Å²) in [5, 5.41) is 2.74. The lowest BCUT2D eigenvalue weighted by Gasteiger charge is -2.25. The van der Waals surface area contributed by atoms with Gasteiger partial charge in [0, 0.05) is 0 Å². The summed E-state index contributed by atoms with van der Waals surface area (Å²) >= 11 is 0. The Kier molecular flexibility index (Phi) is 9.04. The molecule has 0 saturated carbocycles. The molecule has 0 fully saturated rings. The summed E-state index contributed by atoms with van der Waals surface area (Å²) in [6.45, 7) is 6.43. The van der Waals surface area contributed by atoms with Gasteiger partial charge in [-0.05, 0) is 59.5 Å². The average molecular weight is 527 g/mol. The summed E-state index contributed by atoms with van der Waals surface area (Å²) in [7, 11) is -1.14. The zero-order valence-corrected chi connectivity index (χ0v) is 22.7. The topological polar surface area (TPSA) is 94.2 Å². The van der Waals surface area contributed by atoms with Crippen LogP contribution in [0.1, 0.15) is 26.3 Å². The number of methoxy groups -OCH3 is 2. The van der Waals surface area contributed by atoms with Gasteiger partial charge in [0.05, 0.1) is 31.3 Å². The molecule has 0 radical (unpaired) electrons. The number of carbonyl (C=O) groups excluding carboxylic acids is 1. The molecule has 3 aromatic rings. The number of para-hydroxylation sites is 2. The van der Waals surface area contributed by atoms with Crippen LogP contribution in [0.2, 0.25) is 0 Å². The Balaban J connectivity index is 1.70. The molecule has 198 valence electrons. The normalized spacial score (nSPS) is 11.5. The Morgan fingerprint density at radius 2 is 1.49 bits per heavy atom. The van der Waals surface area contributed by atoms with Crippen LogP contribution in [-0.4, -0.2) is 48.2 Å². The second-order valence-electron chi connectivity index (χ2n) is 9.33. The van der Waals surface area contributed by atoms with Crippen molar-refractivity contribution in [3.05, 3.63) is 78.4 Å². The number of carbonyl (C=O) groups is 1. The van der Waals surface area contributed by atoms with Crippen LogP contribution in [-0.2, 0) is 20.2 Å². The molecule has 0 saturated heterocycles. The van der Waals surface area contributed by atoms with Gasteiger partial charge in [0.2, 0.25) is 5.91 Å². The Labute approximate surface area is 219 Å². The van der Waals surface area contributed by atoms with E-state index >= 15 is 0 Å². The van der Waals surface area contributed by atoms with Gasteiger partial charge in [-0.1, -0.05) is 45.0 Å². The molecule has 3 aromatic carbocycles. The van der Waals surface area contributed by atoms with E-state index in [4.69, 9.17) is 14.2 Å². The molecule has 0 aromatic heterocycles. The molecule has 0 unspecified atom stereocenters. The minimum atomic E-state index is -4.09. The lowest BCUT2D eigenvalue weighted by atomic mass is 9.87. The Morgan fingerprint density at radius 3 is 2.08 bits per heavy atom. The summed E-state index contributed by atoms with van der Waals surface area (Å²) in [5.41, 5.74) is 1.50. The van der Waals surface area contributed by atoms with Crippen LogP contribution in [0.15, 0.2) is 77.7 Å². The van der Waals surface area contributed by atoms with E-state index in [1.807, 2.05) is 24.3 Å². The Hall–Kier alpha value is -3.72. The van der Waals surface area contributed by atoms with Crippen molar-refractivity contribution in [2.45, 2.75) is 31.1 Å². The average Bonchev–Trinajstić information content (AvgIpc) is 2.89. The van der Waals surface area contributed by atoms with E-state index in [1.54, 1.807) is 36.4 Å². The van der Waals surface area contributed by atoms with E-state index in [2.05, 4.69) is 26.1 Å². The third-order valence-electron chi connectivity index (χ3n) is 5.70. The molecular weight excluding hydrogens is 492 g/mol. The Morgan fingerprint density at radius 1 is 0.865 bits per heavy atom. The third-order valence-corrected chi connectivity index (χ3v) is 7.48. The molecule has 37 heavy (non-hydrogen) atoms. The number of hydrogen-bond donors (Lipinski definition) is 1. The van der Waals surface area contributed by atoms with Crippen molar-refractivity contribution in [2.24, 2.45) is 0 Å². The molecule has 0 aliphatic carbocycles. The smallest absolute Gasteiger partial charge is 0.264 e. The summed E-state index contributed by atoms with van der Waals surface area (Å²) in [6, 6.07) is 20.5. The quantitative estimate of drug-likeness (QED) is 0.373. The lowest BCUT2D eigenvalue weighted by Crippen LogP contribution is -2.42. The zero-order chi connectivity index (χ0) is 27.1. The van der Waals surface area contributed by atoms with E-state index < -0.39 is 22.5 Å². The summed E-state index contributed by atoms with van der Waals surface area (Å²) in [5.74, 6) is 1.07. The highest BCUT2D eigenvalue weighted by Gasteiger charge is 2.29. The first-order valence-corrected chi connectivity index (χ1v) is 13.3. The van der Waals surface area contributed by atoms with E-state index in [1.165, 1.54) is 31.9 Å². The number of anilines is 1. The third kappa shape index (κ3) is 7.16. The number of sulfonamides is 1. The number of hydrogen-bond acceptors (Lipinski definition) is 6. The number of benzene rings is 3. The highest BCUT2D eigenvalue weighted by molar-refractivity contribution is 7.92. The first-order chi connectivity index (χ1) is 17.6. The van der Waals surface area contributed by atoms with Gasteiger partial charge in [0.25, 0.3) is 10.0 Å². The second-order valence-corrected chi connectivity index (χ2v) is 11.2. The van der Waals surface area contributed by atoms with Gasteiger partial charge >= 0.3 is 0 Å². The van der Waals surface area contributed by atoms with Gasteiger partial charge < -0.3 is 19.5 Å². The highest BCUT2D eigenvalue weighted by atomic mass is 32.2. The van der Waals surface area contributed by atoms with Crippen LogP contribution in [0.5, 0.6) is 17.2 Å². The molecule has 3 rings (SSSR count). The number of amides is 1. The number of rotatable bonds is 11. The predicted octanol–water partition coefficient (Wildman–Crippen LogP) is 4.39. The van der Waals surface area contributed by atoms with Crippen molar-refractivity contribution in [3.8, 4) is 17.2 Å². The molecule has 1 N–H and O–H groups in total. The van der Waals surface area contributed by atoms with Gasteiger partial charge in [0.1, 0.15) is 30.4 Å². The van der Waals surface area contributed by atoms with Crippen molar-refractivity contribution in [2.75, 3.05) is 38.2 Å². The van der Waals surface area contributed by atoms with E-state index in [0.29, 0.717) is 17.2 Å². The molecule has 0 bridgehead atoms.